The van der Waals surface area contributed by atoms with Crippen molar-refractivity contribution in [3.63, 3.8) is 0 Å². The van der Waals surface area contributed by atoms with Crippen LogP contribution in [0, 0.1) is 11.3 Å². The van der Waals surface area contributed by atoms with Gasteiger partial charge in [-0.25, -0.2) is 19.4 Å². The van der Waals surface area contributed by atoms with Crippen LogP contribution in [-0.4, -0.2) is 133 Å². The molecule has 0 amide bonds. The van der Waals surface area contributed by atoms with Crippen molar-refractivity contribution < 1.29 is 74.1 Å². The lowest BCUT2D eigenvalue weighted by Gasteiger charge is -2.51. The Balaban J connectivity index is 0.000000430. The lowest BCUT2D eigenvalue weighted by Crippen LogP contribution is -2.67. The molecule has 3 fully saturated rings. The summed E-state index contributed by atoms with van der Waals surface area (Å²) >= 11 is 1.83. The van der Waals surface area contributed by atoms with Crippen molar-refractivity contribution in [3.05, 3.63) is 30.1 Å². The largest absolute Gasteiger partial charge is 0.490 e. The first-order valence-corrected chi connectivity index (χ1v) is 14.1. The van der Waals surface area contributed by atoms with Crippen molar-refractivity contribution in [3.8, 4) is 6.07 Å². The van der Waals surface area contributed by atoms with Crippen molar-refractivity contribution in [2.24, 2.45) is 0 Å². The van der Waals surface area contributed by atoms with E-state index in [0.29, 0.717) is 12.6 Å². The minimum Gasteiger partial charge on any atom is -0.475 e. The molecule has 3 aliphatic rings. The maximum absolute atomic E-state index is 10.6. The molecule has 266 valence electrons. The predicted octanol–water partition coefficient (Wildman–Crippen LogP) is 3.26. The van der Waals surface area contributed by atoms with Crippen LogP contribution in [0.25, 0.3) is 0 Å². The second kappa shape index (κ2) is 18.2. The molecule has 4 rings (SSSR count). The minimum absolute atomic E-state index is 0.00568. The van der Waals surface area contributed by atoms with Crippen LogP contribution < -0.4 is 0 Å². The molecular weight excluding hydrogens is 687 g/mol. The van der Waals surface area contributed by atoms with Crippen LogP contribution in [0.4, 0.5) is 39.5 Å². The highest BCUT2D eigenvalue weighted by Gasteiger charge is 2.45. The lowest BCUT2D eigenvalue weighted by molar-refractivity contribution is -0.419. The second-order valence-corrected chi connectivity index (χ2v) is 10.6. The fourth-order valence-electron chi connectivity index (χ4n) is 3.95. The van der Waals surface area contributed by atoms with Crippen LogP contribution in [0.3, 0.4) is 0 Å². The smallest absolute Gasteiger partial charge is 0.475 e. The maximum atomic E-state index is 10.6. The molecule has 0 radical (unpaired) electrons. The first kappa shape index (κ1) is 41.6. The number of nitriles is 1. The van der Waals surface area contributed by atoms with E-state index in [1.165, 1.54) is 5.56 Å². The van der Waals surface area contributed by atoms with Crippen molar-refractivity contribution in [1.29, 1.82) is 5.26 Å². The van der Waals surface area contributed by atoms with Gasteiger partial charge in [0.1, 0.15) is 18.8 Å². The van der Waals surface area contributed by atoms with Gasteiger partial charge in [-0.05, 0) is 24.5 Å². The van der Waals surface area contributed by atoms with Gasteiger partial charge in [0, 0.05) is 56.7 Å². The number of likely N-dealkylation sites (tertiary alicyclic amines) is 1. The molecule has 2 unspecified atom stereocenters. The zero-order valence-electron chi connectivity index (χ0n) is 24.2. The molecule has 23 heteroatoms. The Morgan fingerprint density at radius 1 is 1.00 bits per heavy atom. The summed E-state index contributed by atoms with van der Waals surface area (Å²) in [4.78, 5) is 41.4. The molecule has 2 atom stereocenters. The number of hydrogen-bond acceptors (Lipinski definition) is 11. The predicted molar refractivity (Wildman–Crippen MR) is 142 cm³/mol. The van der Waals surface area contributed by atoms with Crippen molar-refractivity contribution in [2.75, 3.05) is 38.4 Å². The summed E-state index contributed by atoms with van der Waals surface area (Å²) < 4.78 is 95.2. The van der Waals surface area contributed by atoms with E-state index in [4.69, 9.17) is 34.5 Å². The number of thioether (sulfide) groups is 1. The lowest BCUT2D eigenvalue weighted by atomic mass is 10.0. The third-order valence-electron chi connectivity index (χ3n) is 6.31. The summed E-state index contributed by atoms with van der Waals surface area (Å²) in [6.07, 6.45) is -9.02. The van der Waals surface area contributed by atoms with Crippen molar-refractivity contribution >= 4 is 29.7 Å². The second-order valence-electron chi connectivity index (χ2n) is 9.59. The average molecular weight is 717 g/mol. The molecule has 13 nitrogen and oxygen atoms in total. The van der Waals surface area contributed by atoms with E-state index in [1.807, 2.05) is 35.4 Å². The van der Waals surface area contributed by atoms with E-state index in [9.17, 15) is 44.8 Å². The molecule has 3 N–H and O–H groups in total. The highest BCUT2D eigenvalue weighted by Crippen LogP contribution is 2.31. The minimum atomic E-state index is -5.08. The van der Waals surface area contributed by atoms with Crippen molar-refractivity contribution in [2.45, 2.75) is 56.2 Å². The first-order chi connectivity index (χ1) is 21.6. The van der Waals surface area contributed by atoms with E-state index < -0.39 is 36.4 Å². The van der Waals surface area contributed by atoms with Crippen LogP contribution >= 0.6 is 11.8 Å². The zero-order valence-corrected chi connectivity index (χ0v) is 25.0. The van der Waals surface area contributed by atoms with Gasteiger partial charge in [0.05, 0.1) is 6.07 Å². The quantitative estimate of drug-likeness (QED) is 0.380. The molecule has 0 spiro atoms. The van der Waals surface area contributed by atoms with E-state index in [-0.39, 0.29) is 12.2 Å². The topological polar surface area (TPSA) is 171 Å². The molecule has 3 aliphatic heterocycles. The number of pyridine rings is 1. The Bertz CT molecular complexity index is 1140. The van der Waals surface area contributed by atoms with Gasteiger partial charge in [-0.3, -0.25) is 19.6 Å². The van der Waals surface area contributed by atoms with Crippen LogP contribution in [-0.2, 0) is 25.8 Å². The molecule has 0 aromatic carbocycles. The van der Waals surface area contributed by atoms with Crippen LogP contribution in [0.5, 0.6) is 0 Å². The van der Waals surface area contributed by atoms with E-state index in [0.717, 1.165) is 44.1 Å². The van der Waals surface area contributed by atoms with Crippen LogP contribution in [0.15, 0.2) is 24.5 Å². The molecule has 1 aromatic heterocycles. The molecule has 4 heterocycles. The third-order valence-corrected chi connectivity index (χ3v) is 7.34. The number of aliphatic carboxylic acids is 3. The average Bonchev–Trinajstić information content (AvgIpc) is 3.41. The number of alkyl halides is 9. The highest BCUT2D eigenvalue weighted by molar-refractivity contribution is 7.99. The van der Waals surface area contributed by atoms with E-state index >= 15 is 0 Å². The molecule has 0 aliphatic carbocycles. The van der Waals surface area contributed by atoms with Gasteiger partial charge < -0.3 is 15.3 Å². The van der Waals surface area contributed by atoms with Gasteiger partial charge in [0.25, 0.3) is 0 Å². The molecule has 1 aromatic rings. The fourth-order valence-corrected chi connectivity index (χ4v) is 5.11. The number of nitrogens with zero attached hydrogens (tertiary/aromatic N) is 6. The summed E-state index contributed by atoms with van der Waals surface area (Å²) in [5, 5.41) is 35.0. The van der Waals surface area contributed by atoms with Crippen LogP contribution in [0.2, 0.25) is 0 Å². The first-order valence-electron chi connectivity index (χ1n) is 13.0. The van der Waals surface area contributed by atoms with Gasteiger partial charge in [-0.15, -0.1) is 16.9 Å². The SMILES string of the molecule is CN(C1CCN(Cc2cccnc2)CC1)N1OCC1N1CSCC1C#N.O=C(O)C(F)(F)F.O=C(O)C(F)(F)F.O=C(O)C(F)(F)F. The Kier molecular flexibility index (Phi) is 16.1. The summed E-state index contributed by atoms with van der Waals surface area (Å²) in [6.45, 7) is 3.83. The fraction of sp³-hybridized carbons (Fsp3) is 0.625. The van der Waals surface area contributed by atoms with Gasteiger partial charge >= 0.3 is 36.4 Å². The number of carbonyl (C=O) groups is 3. The highest BCUT2D eigenvalue weighted by atomic mass is 32.2. The molecular formula is C24H29F9N6O7S. The Labute approximate surface area is 265 Å². The van der Waals surface area contributed by atoms with E-state index in [2.05, 4.69) is 39.0 Å². The number of hydrazine groups is 1. The molecule has 47 heavy (non-hydrogen) atoms. The number of halogens is 9. The summed E-state index contributed by atoms with van der Waals surface area (Å²) in [5.41, 5.74) is 1.28. The monoisotopic (exact) mass is 716 g/mol. The third kappa shape index (κ3) is 14.5. The Morgan fingerprint density at radius 2 is 1.49 bits per heavy atom. The van der Waals surface area contributed by atoms with Gasteiger partial charge in [0.15, 0.2) is 0 Å². The summed E-state index contributed by atoms with van der Waals surface area (Å²) in [6, 6.07) is 7.06. The maximum Gasteiger partial charge on any atom is 0.490 e. The standard InChI is InChI=1S/C18H26N6OS.3C2HF3O2/c1-21(24-18(12-25-24)23-14-26-13-17(23)9-19)16-4-7-22(8-5-16)11-15-3-2-6-20-10-15;3*3-2(4,5)1(6)7/h2-3,6,10,16-18H,4-5,7-8,11-14H2,1H3;3*(H,6,7). The van der Waals surface area contributed by atoms with Gasteiger partial charge in [-0.2, -0.15) is 44.8 Å². The number of aromatic nitrogens is 1. The number of carboxylic acid groups (broad SMARTS) is 3. The zero-order chi connectivity index (χ0) is 36.2. The number of hydroxylamine groups is 1. The van der Waals surface area contributed by atoms with Gasteiger partial charge in [0.2, 0.25) is 0 Å². The van der Waals surface area contributed by atoms with Crippen LogP contribution in [0.1, 0.15) is 18.4 Å². The number of rotatable bonds is 5. The summed E-state index contributed by atoms with van der Waals surface area (Å²) in [5.74, 6) is -6.45. The number of piperidine rings is 1. The summed E-state index contributed by atoms with van der Waals surface area (Å²) in [7, 11) is 2.12. The molecule has 0 bridgehead atoms. The number of hydrogen-bond donors (Lipinski definition) is 3. The van der Waals surface area contributed by atoms with Crippen molar-refractivity contribution in [1.82, 2.24) is 25.0 Å². The Morgan fingerprint density at radius 3 is 1.85 bits per heavy atom. The number of carboxylic acids is 3. The molecule has 3 saturated heterocycles. The van der Waals surface area contributed by atoms with E-state index in [1.54, 1.807) is 0 Å². The van der Waals surface area contributed by atoms with Gasteiger partial charge in [-0.1, -0.05) is 6.07 Å². The molecule has 0 saturated carbocycles. The Hall–Kier alpha value is -3.43. The normalized spacial score (nSPS) is 21.1.